The van der Waals surface area contributed by atoms with Gasteiger partial charge in [0.1, 0.15) is 0 Å². The number of amides is 1. The van der Waals surface area contributed by atoms with E-state index in [0.717, 1.165) is 43.9 Å². The average Bonchev–Trinajstić information content (AvgIpc) is 3.09. The number of likely N-dealkylation sites (tertiary alicyclic amines) is 1. The molecule has 1 amide bonds. The maximum Gasteiger partial charge on any atom is 0.254 e. The molecule has 2 aromatic rings. The molecule has 4 rings (SSSR count). The van der Waals surface area contributed by atoms with Gasteiger partial charge in [-0.15, -0.1) is 0 Å². The van der Waals surface area contributed by atoms with Gasteiger partial charge in [-0.3, -0.25) is 14.7 Å². The van der Waals surface area contributed by atoms with Gasteiger partial charge in [-0.05, 0) is 36.5 Å². The van der Waals surface area contributed by atoms with Crippen molar-refractivity contribution in [2.75, 3.05) is 32.8 Å². The molecular weight excluding hydrogens is 334 g/mol. The van der Waals surface area contributed by atoms with Gasteiger partial charge in [0, 0.05) is 43.7 Å². The van der Waals surface area contributed by atoms with E-state index in [2.05, 4.69) is 16.0 Å². The van der Waals surface area contributed by atoms with Gasteiger partial charge in [0.2, 0.25) is 0 Å². The molecule has 4 heterocycles. The predicted octanol–water partition coefficient (Wildman–Crippen LogP) is 2.51. The van der Waals surface area contributed by atoms with Crippen molar-refractivity contribution in [3.63, 3.8) is 0 Å². The normalized spacial score (nSPS) is 24.6. The van der Waals surface area contributed by atoms with Crippen molar-refractivity contribution in [1.82, 2.24) is 14.8 Å². The molecule has 2 saturated heterocycles. The molecule has 0 bridgehead atoms. The number of rotatable bonds is 3. The van der Waals surface area contributed by atoms with Gasteiger partial charge in [-0.2, -0.15) is 11.3 Å². The summed E-state index contributed by atoms with van der Waals surface area (Å²) in [6.07, 6.45) is 3.11. The van der Waals surface area contributed by atoms with Crippen molar-refractivity contribution in [3.8, 4) is 0 Å². The standard InChI is InChI=1S/C19H23N3O2S/c23-19(16-5-10-25-14-16)22-8-9-24-18-13-21(7-4-15(18)11-22)12-17-3-1-2-6-20-17/h1-3,5-6,10,14-15,18H,4,7-9,11-13H2/t15-,18-/m1/s1. The Balaban J connectivity index is 1.38. The second-order valence-corrected chi connectivity index (χ2v) is 7.56. The lowest BCUT2D eigenvalue weighted by molar-refractivity contribution is -0.0244. The van der Waals surface area contributed by atoms with Crippen molar-refractivity contribution < 1.29 is 9.53 Å². The second-order valence-electron chi connectivity index (χ2n) is 6.78. The zero-order valence-corrected chi connectivity index (χ0v) is 15.0. The van der Waals surface area contributed by atoms with Crippen LogP contribution in [0.5, 0.6) is 0 Å². The van der Waals surface area contributed by atoms with Crippen molar-refractivity contribution in [1.29, 1.82) is 0 Å². The Labute approximate surface area is 152 Å². The molecule has 2 fully saturated rings. The van der Waals surface area contributed by atoms with Crippen LogP contribution < -0.4 is 0 Å². The fourth-order valence-electron chi connectivity index (χ4n) is 3.73. The molecule has 2 aliphatic rings. The first-order chi connectivity index (χ1) is 12.3. The monoisotopic (exact) mass is 357 g/mol. The number of ether oxygens (including phenoxy) is 1. The summed E-state index contributed by atoms with van der Waals surface area (Å²) in [5.74, 6) is 0.562. The molecule has 2 aliphatic heterocycles. The summed E-state index contributed by atoms with van der Waals surface area (Å²) in [6.45, 7) is 4.92. The van der Waals surface area contributed by atoms with Crippen LogP contribution in [0.25, 0.3) is 0 Å². The Hall–Kier alpha value is -1.76. The molecule has 0 N–H and O–H groups in total. The molecule has 2 atom stereocenters. The summed E-state index contributed by atoms with van der Waals surface area (Å²) in [5, 5.41) is 3.89. The highest BCUT2D eigenvalue weighted by molar-refractivity contribution is 7.08. The minimum atomic E-state index is 0.140. The molecule has 0 saturated carbocycles. The summed E-state index contributed by atoms with van der Waals surface area (Å²) in [5.41, 5.74) is 1.90. The second kappa shape index (κ2) is 7.64. The topological polar surface area (TPSA) is 45.7 Å². The molecule has 0 aliphatic carbocycles. The van der Waals surface area contributed by atoms with E-state index in [1.54, 1.807) is 11.3 Å². The molecule has 2 aromatic heterocycles. The van der Waals surface area contributed by atoms with Crippen LogP contribution in [0, 0.1) is 5.92 Å². The maximum absolute atomic E-state index is 12.7. The van der Waals surface area contributed by atoms with Crippen LogP contribution in [0.1, 0.15) is 22.5 Å². The van der Waals surface area contributed by atoms with E-state index in [1.165, 1.54) is 0 Å². The Kier molecular flexibility index (Phi) is 5.10. The van der Waals surface area contributed by atoms with E-state index < -0.39 is 0 Å². The first-order valence-electron chi connectivity index (χ1n) is 8.85. The molecule has 0 unspecified atom stereocenters. The summed E-state index contributed by atoms with van der Waals surface area (Å²) in [4.78, 5) is 21.5. The van der Waals surface area contributed by atoms with Gasteiger partial charge in [0.15, 0.2) is 0 Å². The smallest absolute Gasteiger partial charge is 0.254 e. The summed E-state index contributed by atoms with van der Waals surface area (Å²) in [7, 11) is 0. The molecule has 25 heavy (non-hydrogen) atoms. The van der Waals surface area contributed by atoms with Gasteiger partial charge in [-0.25, -0.2) is 0 Å². The maximum atomic E-state index is 12.7. The minimum absolute atomic E-state index is 0.140. The fourth-order valence-corrected chi connectivity index (χ4v) is 4.36. The minimum Gasteiger partial charge on any atom is -0.375 e. The van der Waals surface area contributed by atoms with Crippen LogP contribution in [0.3, 0.4) is 0 Å². The molecule has 132 valence electrons. The van der Waals surface area contributed by atoms with Crippen LogP contribution in [-0.2, 0) is 11.3 Å². The van der Waals surface area contributed by atoms with Crippen LogP contribution in [0.4, 0.5) is 0 Å². The van der Waals surface area contributed by atoms with E-state index in [1.807, 2.05) is 40.1 Å². The third kappa shape index (κ3) is 3.92. The molecule has 0 aromatic carbocycles. The zero-order chi connectivity index (χ0) is 17.1. The molecule has 0 radical (unpaired) electrons. The van der Waals surface area contributed by atoms with Gasteiger partial charge < -0.3 is 9.64 Å². The van der Waals surface area contributed by atoms with Crippen molar-refractivity contribution >= 4 is 17.2 Å². The van der Waals surface area contributed by atoms with Crippen LogP contribution in [-0.4, -0.2) is 59.6 Å². The predicted molar refractivity (Wildman–Crippen MR) is 97.6 cm³/mol. The number of hydrogen-bond donors (Lipinski definition) is 0. The lowest BCUT2D eigenvalue weighted by atomic mass is 9.93. The highest BCUT2D eigenvalue weighted by Crippen LogP contribution is 2.26. The highest BCUT2D eigenvalue weighted by atomic mass is 32.1. The number of pyridine rings is 1. The number of aromatic nitrogens is 1. The Morgan fingerprint density at radius 3 is 3.04 bits per heavy atom. The van der Waals surface area contributed by atoms with Crippen molar-refractivity contribution in [2.24, 2.45) is 5.92 Å². The van der Waals surface area contributed by atoms with E-state index in [9.17, 15) is 4.79 Å². The quantitative estimate of drug-likeness (QED) is 0.847. The number of fused-ring (bicyclic) bond motifs is 1. The molecule has 5 nitrogen and oxygen atoms in total. The van der Waals surface area contributed by atoms with Crippen molar-refractivity contribution in [2.45, 2.75) is 19.1 Å². The SMILES string of the molecule is O=C(c1ccsc1)N1CCO[C@@H]2CN(Cc3ccccn3)CC[C@@H]2C1. The Morgan fingerprint density at radius 1 is 1.28 bits per heavy atom. The lowest BCUT2D eigenvalue weighted by Gasteiger charge is -2.37. The van der Waals surface area contributed by atoms with Gasteiger partial charge in [-0.1, -0.05) is 6.07 Å². The Morgan fingerprint density at radius 2 is 2.24 bits per heavy atom. The van der Waals surface area contributed by atoms with Gasteiger partial charge >= 0.3 is 0 Å². The number of piperidine rings is 1. The summed E-state index contributed by atoms with van der Waals surface area (Å²) < 4.78 is 6.12. The third-order valence-corrected chi connectivity index (χ3v) is 5.78. The average molecular weight is 357 g/mol. The van der Waals surface area contributed by atoms with Gasteiger partial charge in [0.25, 0.3) is 5.91 Å². The first-order valence-corrected chi connectivity index (χ1v) is 9.79. The molecule has 6 heteroatoms. The summed E-state index contributed by atoms with van der Waals surface area (Å²) >= 11 is 1.57. The number of carbonyl (C=O) groups excluding carboxylic acids is 1. The molecule has 0 spiro atoms. The van der Waals surface area contributed by atoms with Gasteiger partial charge in [0.05, 0.1) is 24.0 Å². The lowest BCUT2D eigenvalue weighted by Crippen LogP contribution is -2.47. The Bertz CT molecular complexity index is 692. The van der Waals surface area contributed by atoms with E-state index in [0.29, 0.717) is 19.1 Å². The van der Waals surface area contributed by atoms with Crippen LogP contribution >= 0.6 is 11.3 Å². The van der Waals surface area contributed by atoms with E-state index in [-0.39, 0.29) is 12.0 Å². The van der Waals surface area contributed by atoms with Crippen LogP contribution in [0.15, 0.2) is 41.2 Å². The third-order valence-electron chi connectivity index (χ3n) is 5.10. The first kappa shape index (κ1) is 16.7. The number of thiophene rings is 1. The zero-order valence-electron chi connectivity index (χ0n) is 14.2. The number of hydrogen-bond acceptors (Lipinski definition) is 5. The van der Waals surface area contributed by atoms with Crippen LogP contribution in [0.2, 0.25) is 0 Å². The fraction of sp³-hybridized carbons (Fsp3) is 0.474. The van der Waals surface area contributed by atoms with E-state index >= 15 is 0 Å². The largest absolute Gasteiger partial charge is 0.375 e. The van der Waals surface area contributed by atoms with Crippen molar-refractivity contribution in [3.05, 3.63) is 52.5 Å². The summed E-state index contributed by atoms with van der Waals surface area (Å²) in [6, 6.07) is 7.96. The van der Waals surface area contributed by atoms with E-state index in [4.69, 9.17) is 4.74 Å². The number of carbonyl (C=O) groups is 1. The highest BCUT2D eigenvalue weighted by Gasteiger charge is 2.34. The number of nitrogens with zero attached hydrogens (tertiary/aromatic N) is 3. The molecular formula is C19H23N3O2S.